The number of hydrogen-bond acceptors (Lipinski definition) is 8. The van der Waals surface area contributed by atoms with Gasteiger partial charge in [-0.15, -0.1) is 0 Å². The Morgan fingerprint density at radius 3 is 2.50 bits per heavy atom. The number of nitrogens with zero attached hydrogens (tertiary/aromatic N) is 4. The lowest BCUT2D eigenvalue weighted by Gasteiger charge is -2.29. The minimum absolute atomic E-state index is 0.362. The molecule has 9 nitrogen and oxygen atoms in total. The van der Waals surface area contributed by atoms with Gasteiger partial charge >= 0.3 is 0 Å². The first-order valence-corrected chi connectivity index (χ1v) is 11.1. The summed E-state index contributed by atoms with van der Waals surface area (Å²) < 4.78 is 16.1. The third-order valence-corrected chi connectivity index (χ3v) is 5.71. The Labute approximate surface area is 198 Å². The summed E-state index contributed by atoms with van der Waals surface area (Å²) in [6, 6.07) is 15.2. The lowest BCUT2D eigenvalue weighted by atomic mass is 10.0. The summed E-state index contributed by atoms with van der Waals surface area (Å²) in [4.78, 5) is 24.6. The second kappa shape index (κ2) is 10.8. The van der Waals surface area contributed by atoms with E-state index < -0.39 is 11.8 Å². The average molecular weight is 462 g/mol. The van der Waals surface area contributed by atoms with Crippen molar-refractivity contribution in [3.05, 3.63) is 53.7 Å². The van der Waals surface area contributed by atoms with Gasteiger partial charge in [0, 0.05) is 19.6 Å². The van der Waals surface area contributed by atoms with Gasteiger partial charge in [0.2, 0.25) is 5.91 Å². The summed E-state index contributed by atoms with van der Waals surface area (Å²) in [5.74, 6) is 0.346. The van der Waals surface area contributed by atoms with Crippen molar-refractivity contribution < 1.29 is 19.0 Å². The Morgan fingerprint density at radius 1 is 1.12 bits per heavy atom. The third-order valence-electron chi connectivity index (χ3n) is 5.71. The second-order valence-electron chi connectivity index (χ2n) is 7.81. The number of morpholine rings is 1. The molecule has 0 saturated carbocycles. The van der Waals surface area contributed by atoms with E-state index in [2.05, 4.69) is 11.4 Å². The fraction of sp³-hybridized carbons (Fsp3) is 0.360. The molecule has 0 spiro atoms. The lowest BCUT2D eigenvalue weighted by molar-refractivity contribution is -0.121. The van der Waals surface area contributed by atoms with Gasteiger partial charge in [-0.25, -0.2) is 9.97 Å². The molecule has 2 aromatic carbocycles. The third kappa shape index (κ3) is 5.02. The summed E-state index contributed by atoms with van der Waals surface area (Å²) in [6.07, 6.45) is 0.573. The van der Waals surface area contributed by atoms with Gasteiger partial charge in [-0.2, -0.15) is 5.26 Å². The van der Waals surface area contributed by atoms with Crippen LogP contribution in [-0.4, -0.2) is 62.9 Å². The van der Waals surface area contributed by atoms with E-state index in [1.54, 1.807) is 14.2 Å². The predicted molar refractivity (Wildman–Crippen MR) is 127 cm³/mol. The average Bonchev–Trinajstić information content (AvgIpc) is 2.89. The van der Waals surface area contributed by atoms with Gasteiger partial charge < -0.3 is 24.4 Å². The molecule has 0 bridgehead atoms. The zero-order valence-corrected chi connectivity index (χ0v) is 19.3. The van der Waals surface area contributed by atoms with Crippen LogP contribution in [0, 0.1) is 11.3 Å². The van der Waals surface area contributed by atoms with Crippen molar-refractivity contribution in [1.29, 1.82) is 5.26 Å². The van der Waals surface area contributed by atoms with Gasteiger partial charge in [-0.1, -0.05) is 18.2 Å². The summed E-state index contributed by atoms with van der Waals surface area (Å²) in [5, 5.41) is 12.8. The summed E-state index contributed by atoms with van der Waals surface area (Å²) >= 11 is 0. The molecular weight excluding hydrogens is 434 g/mol. The molecular formula is C25H27N5O4. The van der Waals surface area contributed by atoms with Crippen LogP contribution in [0.2, 0.25) is 0 Å². The molecule has 1 fully saturated rings. The predicted octanol–water partition coefficient (Wildman–Crippen LogP) is 2.45. The van der Waals surface area contributed by atoms with Crippen molar-refractivity contribution in [2.75, 3.05) is 52.0 Å². The maximum atomic E-state index is 13.1. The van der Waals surface area contributed by atoms with Crippen LogP contribution in [0.1, 0.15) is 17.2 Å². The normalized spacial score (nSPS) is 14.3. The standard InChI is InChI=1S/C25H27N5O4/c1-32-21-8-7-17(15-22(21)33-2)9-10-27-25(31)18(16-26)23-24(30-11-13-34-14-12-30)29-20-6-4-3-5-19(20)28-23/h3-8,15,18H,9-14H2,1-2H3,(H,27,31)/t18-/m0/s1. The summed E-state index contributed by atoms with van der Waals surface area (Å²) in [7, 11) is 3.16. The van der Waals surface area contributed by atoms with Crippen molar-refractivity contribution in [1.82, 2.24) is 15.3 Å². The Morgan fingerprint density at radius 2 is 1.82 bits per heavy atom. The number of carbonyl (C=O) groups is 1. The molecule has 0 radical (unpaired) electrons. The molecule has 1 atom stereocenters. The highest BCUT2D eigenvalue weighted by molar-refractivity contribution is 5.88. The van der Waals surface area contributed by atoms with Crippen LogP contribution in [0.3, 0.4) is 0 Å². The van der Waals surface area contributed by atoms with E-state index in [-0.39, 0.29) is 0 Å². The van der Waals surface area contributed by atoms with E-state index in [1.807, 2.05) is 47.4 Å². The molecule has 34 heavy (non-hydrogen) atoms. The van der Waals surface area contributed by atoms with Crippen molar-refractivity contribution in [3.8, 4) is 17.6 Å². The van der Waals surface area contributed by atoms with Crippen molar-refractivity contribution in [2.45, 2.75) is 12.3 Å². The number of amides is 1. The lowest BCUT2D eigenvalue weighted by Crippen LogP contribution is -2.39. The molecule has 0 aliphatic carbocycles. The topological polar surface area (TPSA) is 110 Å². The van der Waals surface area contributed by atoms with Crippen molar-refractivity contribution in [2.24, 2.45) is 0 Å². The van der Waals surface area contributed by atoms with Gasteiger partial charge in [0.25, 0.3) is 0 Å². The highest BCUT2D eigenvalue weighted by Gasteiger charge is 2.29. The number of benzene rings is 2. The van der Waals surface area contributed by atoms with E-state index in [4.69, 9.17) is 24.2 Å². The summed E-state index contributed by atoms with van der Waals surface area (Å²) in [5.41, 5.74) is 2.71. The Hall–Kier alpha value is -3.90. The number of para-hydroxylation sites is 2. The molecule has 1 aromatic heterocycles. The van der Waals surface area contributed by atoms with Crippen LogP contribution in [0.5, 0.6) is 11.5 Å². The molecule has 1 aliphatic rings. The molecule has 2 heterocycles. The molecule has 9 heteroatoms. The maximum Gasteiger partial charge on any atom is 0.243 e. The van der Waals surface area contributed by atoms with Crippen LogP contribution in [0.4, 0.5) is 5.82 Å². The monoisotopic (exact) mass is 461 g/mol. The van der Waals surface area contributed by atoms with E-state index in [0.29, 0.717) is 67.8 Å². The molecule has 1 saturated heterocycles. The highest BCUT2D eigenvalue weighted by Crippen LogP contribution is 2.29. The summed E-state index contributed by atoms with van der Waals surface area (Å²) in [6.45, 7) is 2.73. The number of anilines is 1. The molecule has 3 aromatic rings. The number of aromatic nitrogens is 2. The number of nitriles is 1. The highest BCUT2D eigenvalue weighted by atomic mass is 16.5. The SMILES string of the molecule is COc1ccc(CCNC(=O)[C@@H](C#N)c2nc3ccccc3nc2N2CCOCC2)cc1OC. The van der Waals surface area contributed by atoms with Gasteiger partial charge in [0.05, 0.1) is 44.5 Å². The maximum absolute atomic E-state index is 13.1. The molecule has 1 aliphatic heterocycles. The Balaban J connectivity index is 1.53. The van der Waals surface area contributed by atoms with E-state index in [0.717, 1.165) is 11.1 Å². The van der Waals surface area contributed by atoms with Crippen LogP contribution in [-0.2, 0) is 16.0 Å². The quantitative estimate of drug-likeness (QED) is 0.545. The van der Waals surface area contributed by atoms with Gasteiger partial charge in [0.1, 0.15) is 5.69 Å². The van der Waals surface area contributed by atoms with Gasteiger partial charge in [-0.3, -0.25) is 4.79 Å². The number of methoxy groups -OCH3 is 2. The molecule has 0 unspecified atom stereocenters. The van der Waals surface area contributed by atoms with Crippen LogP contribution >= 0.6 is 0 Å². The fourth-order valence-corrected chi connectivity index (χ4v) is 3.92. The number of ether oxygens (including phenoxy) is 3. The number of fused-ring (bicyclic) bond motifs is 1. The first kappa shape index (κ1) is 23.3. The number of nitrogens with one attached hydrogen (secondary N) is 1. The first-order chi connectivity index (χ1) is 16.6. The van der Waals surface area contributed by atoms with Crippen molar-refractivity contribution >= 4 is 22.8 Å². The minimum atomic E-state index is -1.08. The van der Waals surface area contributed by atoms with E-state index in [1.165, 1.54) is 0 Å². The number of rotatable bonds is 8. The zero-order chi connectivity index (χ0) is 23.9. The zero-order valence-electron chi connectivity index (χ0n) is 19.3. The molecule has 176 valence electrons. The van der Waals surface area contributed by atoms with Gasteiger partial charge in [-0.05, 0) is 36.2 Å². The molecule has 4 rings (SSSR count). The minimum Gasteiger partial charge on any atom is -0.493 e. The molecule has 1 amide bonds. The number of hydrogen-bond donors (Lipinski definition) is 1. The second-order valence-corrected chi connectivity index (χ2v) is 7.81. The van der Waals surface area contributed by atoms with Crippen LogP contribution in [0.15, 0.2) is 42.5 Å². The molecule has 1 N–H and O–H groups in total. The van der Waals surface area contributed by atoms with Crippen LogP contribution in [0.25, 0.3) is 11.0 Å². The van der Waals surface area contributed by atoms with Gasteiger partial charge in [0.15, 0.2) is 23.2 Å². The fourth-order valence-electron chi connectivity index (χ4n) is 3.92. The Kier molecular flexibility index (Phi) is 7.40. The largest absolute Gasteiger partial charge is 0.493 e. The Bertz CT molecular complexity index is 1200. The van der Waals surface area contributed by atoms with E-state index >= 15 is 0 Å². The van der Waals surface area contributed by atoms with Crippen LogP contribution < -0.4 is 19.7 Å². The van der Waals surface area contributed by atoms with Crippen molar-refractivity contribution in [3.63, 3.8) is 0 Å². The number of carbonyl (C=O) groups excluding carboxylic acids is 1. The first-order valence-electron chi connectivity index (χ1n) is 11.1. The smallest absolute Gasteiger partial charge is 0.243 e. The van der Waals surface area contributed by atoms with E-state index in [9.17, 15) is 10.1 Å².